The van der Waals surface area contributed by atoms with E-state index in [1.165, 1.54) is 0 Å². The average molecular weight is 398 g/mol. The number of nitrogens with zero attached hydrogens (tertiary/aromatic N) is 3. The highest BCUT2D eigenvalue weighted by atomic mass is 35.5. The lowest BCUT2D eigenvalue weighted by molar-refractivity contribution is -0.135. The molecule has 2 aliphatic heterocycles. The Kier molecular flexibility index (Phi) is 4.56. The van der Waals surface area contributed by atoms with Crippen LogP contribution in [-0.4, -0.2) is 61.9 Å². The van der Waals surface area contributed by atoms with Crippen LogP contribution in [0.15, 0.2) is 22.6 Å². The van der Waals surface area contributed by atoms with Gasteiger partial charge in [-0.3, -0.25) is 4.79 Å². The molecular formula is C17H20ClN3O4S. The van der Waals surface area contributed by atoms with Crippen LogP contribution in [-0.2, 0) is 14.6 Å². The Morgan fingerprint density at radius 3 is 2.77 bits per heavy atom. The highest BCUT2D eigenvalue weighted by Gasteiger charge is 2.33. The molecule has 2 aliphatic rings. The fourth-order valence-electron chi connectivity index (χ4n) is 3.57. The molecule has 2 saturated heterocycles. The second-order valence-corrected chi connectivity index (χ2v) is 9.61. The summed E-state index contributed by atoms with van der Waals surface area (Å²) >= 11 is 6.00. The first-order valence-electron chi connectivity index (χ1n) is 8.71. The molecule has 1 aromatic heterocycles. The van der Waals surface area contributed by atoms with Crippen molar-refractivity contribution in [3.8, 4) is 0 Å². The molecule has 0 bridgehead atoms. The zero-order chi connectivity index (χ0) is 18.3. The van der Waals surface area contributed by atoms with Crippen LogP contribution < -0.4 is 4.90 Å². The van der Waals surface area contributed by atoms with Crippen LogP contribution >= 0.6 is 11.6 Å². The number of piperidine rings is 1. The van der Waals surface area contributed by atoms with Gasteiger partial charge in [-0.25, -0.2) is 8.42 Å². The highest BCUT2D eigenvalue weighted by Crippen LogP contribution is 2.28. The summed E-state index contributed by atoms with van der Waals surface area (Å²) < 4.78 is 28.9. The van der Waals surface area contributed by atoms with Gasteiger partial charge in [0.15, 0.2) is 15.4 Å². The number of hydrogen-bond donors (Lipinski definition) is 0. The molecule has 1 atom stereocenters. The van der Waals surface area contributed by atoms with Gasteiger partial charge in [-0.15, -0.1) is 0 Å². The van der Waals surface area contributed by atoms with Gasteiger partial charge >= 0.3 is 0 Å². The first-order chi connectivity index (χ1) is 12.4. The lowest BCUT2D eigenvalue weighted by atomic mass is 9.96. The van der Waals surface area contributed by atoms with Gasteiger partial charge in [-0.1, -0.05) is 11.6 Å². The smallest absolute Gasteiger partial charge is 0.298 e. The van der Waals surface area contributed by atoms with Crippen LogP contribution in [0.25, 0.3) is 11.1 Å². The van der Waals surface area contributed by atoms with Gasteiger partial charge < -0.3 is 14.2 Å². The second-order valence-electron chi connectivity index (χ2n) is 6.87. The summed E-state index contributed by atoms with van der Waals surface area (Å²) in [4.78, 5) is 21.0. The summed E-state index contributed by atoms with van der Waals surface area (Å²) in [5.74, 6) is -0.0193. The molecule has 0 radical (unpaired) electrons. The maximum Gasteiger partial charge on any atom is 0.298 e. The maximum atomic E-state index is 12.8. The van der Waals surface area contributed by atoms with Gasteiger partial charge in [-0.05, 0) is 31.0 Å². The third-order valence-electron chi connectivity index (χ3n) is 5.04. The number of carbonyl (C=O) groups excluding carboxylic acids is 1. The molecule has 0 saturated carbocycles. The lowest BCUT2D eigenvalue weighted by Gasteiger charge is -2.35. The predicted octanol–water partition coefficient (Wildman–Crippen LogP) is 1.95. The number of benzene rings is 1. The number of rotatable bonds is 2. The van der Waals surface area contributed by atoms with Gasteiger partial charge in [0.05, 0.1) is 17.4 Å². The molecule has 1 unspecified atom stereocenters. The van der Waals surface area contributed by atoms with Crippen molar-refractivity contribution in [2.75, 3.05) is 42.6 Å². The zero-order valence-electron chi connectivity index (χ0n) is 14.2. The first-order valence-corrected chi connectivity index (χ1v) is 10.9. The van der Waals surface area contributed by atoms with Crippen molar-refractivity contribution >= 4 is 44.5 Å². The van der Waals surface area contributed by atoms with E-state index in [0.29, 0.717) is 41.8 Å². The topological polar surface area (TPSA) is 83.7 Å². The van der Waals surface area contributed by atoms with Crippen molar-refractivity contribution in [1.82, 2.24) is 9.88 Å². The molecule has 3 heterocycles. The van der Waals surface area contributed by atoms with Crippen LogP contribution in [0.3, 0.4) is 0 Å². The van der Waals surface area contributed by atoms with Crippen molar-refractivity contribution in [3.05, 3.63) is 23.2 Å². The lowest BCUT2D eigenvalue weighted by Crippen LogP contribution is -2.49. The predicted molar refractivity (Wildman–Crippen MR) is 99.2 cm³/mol. The Labute approximate surface area is 156 Å². The highest BCUT2D eigenvalue weighted by molar-refractivity contribution is 7.91. The number of halogens is 1. The van der Waals surface area contributed by atoms with Crippen LogP contribution in [0, 0.1) is 5.92 Å². The number of amides is 1. The summed E-state index contributed by atoms with van der Waals surface area (Å²) in [7, 11) is -2.99. The molecule has 4 rings (SSSR count). The summed E-state index contributed by atoms with van der Waals surface area (Å²) in [6.07, 6.45) is 1.66. The van der Waals surface area contributed by atoms with Gasteiger partial charge in [-0.2, -0.15) is 4.98 Å². The van der Waals surface area contributed by atoms with Crippen molar-refractivity contribution in [1.29, 1.82) is 0 Å². The number of carbonyl (C=O) groups is 1. The van der Waals surface area contributed by atoms with E-state index in [4.69, 9.17) is 16.0 Å². The number of aromatic nitrogens is 1. The molecule has 1 amide bonds. The minimum absolute atomic E-state index is 0.0313. The Morgan fingerprint density at radius 1 is 1.23 bits per heavy atom. The largest absolute Gasteiger partial charge is 0.423 e. The van der Waals surface area contributed by atoms with E-state index in [0.717, 1.165) is 19.4 Å². The monoisotopic (exact) mass is 397 g/mol. The van der Waals surface area contributed by atoms with E-state index in [1.54, 1.807) is 23.1 Å². The number of oxazole rings is 1. The molecular weight excluding hydrogens is 378 g/mol. The van der Waals surface area contributed by atoms with Gasteiger partial charge in [0, 0.05) is 31.2 Å². The normalized spacial score (nSPS) is 23.3. The molecule has 0 spiro atoms. The minimum atomic E-state index is -2.99. The summed E-state index contributed by atoms with van der Waals surface area (Å²) in [5.41, 5.74) is 1.36. The third-order valence-corrected chi connectivity index (χ3v) is 6.88. The summed E-state index contributed by atoms with van der Waals surface area (Å²) in [6.45, 7) is 1.89. The molecule has 0 N–H and O–H groups in total. The van der Waals surface area contributed by atoms with E-state index >= 15 is 0 Å². The van der Waals surface area contributed by atoms with Crippen molar-refractivity contribution in [2.24, 2.45) is 5.92 Å². The van der Waals surface area contributed by atoms with Gasteiger partial charge in [0.25, 0.3) is 6.01 Å². The van der Waals surface area contributed by atoms with Crippen LogP contribution in [0.2, 0.25) is 5.02 Å². The van der Waals surface area contributed by atoms with E-state index in [9.17, 15) is 13.2 Å². The standard InChI is InChI=1S/C17H20ClN3O4S/c18-13-3-4-15-14(10-13)19-17(25-15)21-5-1-2-12(11-21)16(22)20-6-8-26(23,24)9-7-20/h3-4,10,12H,1-2,5-9,11H2. The molecule has 1 aromatic carbocycles. The zero-order valence-corrected chi connectivity index (χ0v) is 15.8. The Hall–Kier alpha value is -1.80. The van der Waals surface area contributed by atoms with Crippen molar-refractivity contribution < 1.29 is 17.6 Å². The maximum absolute atomic E-state index is 12.8. The molecule has 2 fully saturated rings. The Bertz CT molecular complexity index is 929. The first kappa shape index (κ1) is 17.6. The quantitative estimate of drug-likeness (QED) is 0.770. The van der Waals surface area contributed by atoms with Crippen LogP contribution in [0.5, 0.6) is 0 Å². The molecule has 2 aromatic rings. The second kappa shape index (κ2) is 6.74. The van der Waals surface area contributed by atoms with Gasteiger partial charge in [0.2, 0.25) is 5.91 Å². The fourth-order valence-corrected chi connectivity index (χ4v) is 4.93. The minimum Gasteiger partial charge on any atom is -0.423 e. The molecule has 0 aliphatic carbocycles. The average Bonchev–Trinajstić information content (AvgIpc) is 3.04. The van der Waals surface area contributed by atoms with Crippen LogP contribution in [0.1, 0.15) is 12.8 Å². The number of sulfone groups is 1. The van der Waals surface area contributed by atoms with Crippen molar-refractivity contribution in [3.63, 3.8) is 0 Å². The Balaban J connectivity index is 1.47. The SMILES string of the molecule is O=C(C1CCCN(c2nc3cc(Cl)ccc3o2)C1)N1CCS(=O)(=O)CC1. The molecule has 140 valence electrons. The molecule has 9 heteroatoms. The molecule has 26 heavy (non-hydrogen) atoms. The van der Waals surface area contributed by atoms with Crippen LogP contribution in [0.4, 0.5) is 6.01 Å². The van der Waals surface area contributed by atoms with Gasteiger partial charge in [0.1, 0.15) is 5.52 Å². The number of anilines is 1. The third kappa shape index (κ3) is 3.53. The van der Waals surface area contributed by atoms with E-state index in [1.807, 2.05) is 4.90 Å². The molecule has 7 nitrogen and oxygen atoms in total. The summed E-state index contributed by atoms with van der Waals surface area (Å²) in [5, 5.41) is 0.601. The fraction of sp³-hybridized carbons (Fsp3) is 0.529. The number of fused-ring (bicyclic) bond motifs is 1. The summed E-state index contributed by atoms with van der Waals surface area (Å²) in [6, 6.07) is 5.80. The number of hydrogen-bond acceptors (Lipinski definition) is 6. The van der Waals surface area contributed by atoms with E-state index in [2.05, 4.69) is 4.98 Å². The van der Waals surface area contributed by atoms with Crippen molar-refractivity contribution in [2.45, 2.75) is 12.8 Å². The Morgan fingerprint density at radius 2 is 2.00 bits per heavy atom. The van der Waals surface area contributed by atoms with E-state index < -0.39 is 9.84 Å². The van der Waals surface area contributed by atoms with E-state index in [-0.39, 0.29) is 23.3 Å².